The zero-order valence-corrected chi connectivity index (χ0v) is 18.7. The highest BCUT2D eigenvalue weighted by molar-refractivity contribution is 7.14. The Morgan fingerprint density at radius 2 is 2.10 bits per heavy atom. The van der Waals surface area contributed by atoms with Gasteiger partial charge in [0.05, 0.1) is 23.7 Å². The number of anilines is 1. The van der Waals surface area contributed by atoms with Crippen LogP contribution in [0.3, 0.4) is 0 Å². The number of carbonyl (C=O) groups is 1. The largest absolute Gasteiger partial charge is 0.494 e. The van der Waals surface area contributed by atoms with E-state index in [9.17, 15) is 4.79 Å². The molecule has 0 bridgehead atoms. The number of benzene rings is 1. The Bertz CT molecular complexity index is 964. The van der Waals surface area contributed by atoms with Crippen LogP contribution in [-0.2, 0) is 11.2 Å². The van der Waals surface area contributed by atoms with E-state index in [2.05, 4.69) is 32.4 Å². The van der Waals surface area contributed by atoms with Crippen LogP contribution in [0, 0.1) is 0 Å². The summed E-state index contributed by atoms with van der Waals surface area (Å²) in [6, 6.07) is 11.7. The van der Waals surface area contributed by atoms with Gasteiger partial charge in [-0.2, -0.15) is 5.10 Å². The first-order valence-electron chi connectivity index (χ1n) is 10.7. The lowest BCUT2D eigenvalue weighted by molar-refractivity contribution is -0.115. The SMILES string of the molecule is CN1CCN(CCCOc2cccc(CC(=O)Nc3cc(-c4ccn[nH]4)cs3)c2)CC1. The lowest BCUT2D eigenvalue weighted by Gasteiger charge is -2.32. The van der Waals surface area contributed by atoms with E-state index < -0.39 is 0 Å². The molecule has 1 aromatic carbocycles. The molecule has 1 fully saturated rings. The van der Waals surface area contributed by atoms with Gasteiger partial charge in [-0.25, -0.2) is 0 Å². The third-order valence-electron chi connectivity index (χ3n) is 5.42. The van der Waals surface area contributed by atoms with Crippen molar-refractivity contribution < 1.29 is 9.53 Å². The number of likely N-dealkylation sites (N-methyl/N-ethyl adjacent to an activating group) is 1. The monoisotopic (exact) mass is 439 g/mol. The fraction of sp³-hybridized carbons (Fsp3) is 0.391. The summed E-state index contributed by atoms with van der Waals surface area (Å²) in [6.45, 7) is 6.30. The lowest BCUT2D eigenvalue weighted by atomic mass is 10.1. The zero-order chi connectivity index (χ0) is 21.5. The molecule has 4 rings (SSSR count). The second-order valence-corrected chi connectivity index (χ2v) is 8.80. The molecule has 1 aliphatic heterocycles. The topological polar surface area (TPSA) is 73.5 Å². The van der Waals surface area contributed by atoms with Crippen molar-refractivity contribution in [3.8, 4) is 17.0 Å². The average molecular weight is 440 g/mol. The Morgan fingerprint density at radius 3 is 2.90 bits per heavy atom. The second kappa shape index (κ2) is 10.6. The molecule has 0 aliphatic carbocycles. The van der Waals surface area contributed by atoms with Crippen LogP contribution in [0.5, 0.6) is 5.75 Å². The van der Waals surface area contributed by atoms with E-state index in [-0.39, 0.29) is 5.91 Å². The maximum atomic E-state index is 12.5. The van der Waals surface area contributed by atoms with E-state index in [1.165, 1.54) is 11.3 Å². The zero-order valence-electron chi connectivity index (χ0n) is 17.8. The number of aromatic amines is 1. The summed E-state index contributed by atoms with van der Waals surface area (Å²) in [5.74, 6) is 0.784. The van der Waals surface area contributed by atoms with E-state index in [1.807, 2.05) is 41.8 Å². The molecule has 1 amide bonds. The number of carbonyl (C=O) groups excluding carboxylic acids is 1. The molecule has 0 unspecified atom stereocenters. The average Bonchev–Trinajstić information content (AvgIpc) is 3.45. The van der Waals surface area contributed by atoms with Crippen LogP contribution < -0.4 is 10.1 Å². The van der Waals surface area contributed by atoms with Gasteiger partial charge < -0.3 is 19.9 Å². The highest BCUT2D eigenvalue weighted by atomic mass is 32.1. The third-order valence-corrected chi connectivity index (χ3v) is 6.27. The predicted molar refractivity (Wildman–Crippen MR) is 125 cm³/mol. The minimum Gasteiger partial charge on any atom is -0.494 e. The second-order valence-electron chi connectivity index (χ2n) is 7.89. The quantitative estimate of drug-likeness (QED) is 0.501. The molecule has 0 spiro atoms. The number of rotatable bonds is 9. The number of thiophene rings is 1. The van der Waals surface area contributed by atoms with Gasteiger partial charge in [0.15, 0.2) is 0 Å². The fourth-order valence-corrected chi connectivity index (χ4v) is 4.44. The molecule has 2 N–H and O–H groups in total. The van der Waals surface area contributed by atoms with Crippen LogP contribution in [-0.4, -0.2) is 72.3 Å². The molecule has 8 heteroatoms. The van der Waals surface area contributed by atoms with Gasteiger partial charge in [0.2, 0.25) is 5.91 Å². The summed E-state index contributed by atoms with van der Waals surface area (Å²) < 4.78 is 5.93. The summed E-state index contributed by atoms with van der Waals surface area (Å²) in [7, 11) is 2.17. The Hall–Kier alpha value is -2.68. The highest BCUT2D eigenvalue weighted by Gasteiger charge is 2.13. The van der Waals surface area contributed by atoms with Gasteiger partial charge in [-0.05, 0) is 43.3 Å². The smallest absolute Gasteiger partial charge is 0.229 e. The van der Waals surface area contributed by atoms with E-state index in [0.717, 1.165) is 66.7 Å². The highest BCUT2D eigenvalue weighted by Crippen LogP contribution is 2.27. The molecule has 3 heterocycles. The summed E-state index contributed by atoms with van der Waals surface area (Å²) in [5.41, 5.74) is 2.90. The minimum atomic E-state index is -0.0368. The van der Waals surface area contributed by atoms with Crippen LogP contribution in [0.2, 0.25) is 0 Å². The molecule has 7 nitrogen and oxygen atoms in total. The number of nitrogens with zero attached hydrogens (tertiary/aromatic N) is 3. The van der Waals surface area contributed by atoms with Crippen molar-refractivity contribution in [1.82, 2.24) is 20.0 Å². The number of nitrogens with one attached hydrogen (secondary N) is 2. The third kappa shape index (κ3) is 6.40. The maximum absolute atomic E-state index is 12.5. The van der Waals surface area contributed by atoms with Crippen molar-refractivity contribution in [3.05, 3.63) is 53.5 Å². The summed E-state index contributed by atoms with van der Waals surface area (Å²) in [5, 5.41) is 12.7. The Balaban J connectivity index is 1.21. The summed E-state index contributed by atoms with van der Waals surface area (Å²) >= 11 is 1.50. The standard InChI is InChI=1S/C23H29N5O2S/c1-27-9-11-28(12-10-27)8-3-13-30-20-5-2-4-18(14-20)15-22(29)25-23-16-19(17-31-23)21-6-7-24-26-21/h2,4-7,14,16-17H,3,8-13,15H2,1H3,(H,24,26)(H,25,29). The Kier molecular flexibility index (Phi) is 7.35. The molecule has 0 saturated carbocycles. The van der Waals surface area contributed by atoms with E-state index in [1.54, 1.807) is 6.20 Å². The Morgan fingerprint density at radius 1 is 1.23 bits per heavy atom. The van der Waals surface area contributed by atoms with Crippen molar-refractivity contribution in [2.75, 3.05) is 51.7 Å². The first kappa shape index (κ1) is 21.5. The molecule has 164 valence electrons. The molecule has 2 aromatic heterocycles. The van der Waals surface area contributed by atoms with Crippen LogP contribution in [0.1, 0.15) is 12.0 Å². The molecule has 3 aromatic rings. The van der Waals surface area contributed by atoms with E-state index in [4.69, 9.17) is 4.74 Å². The molecule has 0 radical (unpaired) electrons. The molecular weight excluding hydrogens is 410 g/mol. The van der Waals surface area contributed by atoms with Gasteiger partial charge in [0, 0.05) is 49.9 Å². The lowest BCUT2D eigenvalue weighted by Crippen LogP contribution is -2.44. The van der Waals surface area contributed by atoms with Crippen LogP contribution in [0.25, 0.3) is 11.3 Å². The molecular formula is C23H29N5O2S. The Labute approximate surface area is 187 Å². The van der Waals surface area contributed by atoms with Gasteiger partial charge in [0.25, 0.3) is 0 Å². The summed E-state index contributed by atoms with van der Waals surface area (Å²) in [4.78, 5) is 17.3. The van der Waals surface area contributed by atoms with Gasteiger partial charge >= 0.3 is 0 Å². The van der Waals surface area contributed by atoms with Crippen molar-refractivity contribution in [2.45, 2.75) is 12.8 Å². The van der Waals surface area contributed by atoms with Crippen molar-refractivity contribution >= 4 is 22.2 Å². The maximum Gasteiger partial charge on any atom is 0.229 e. The molecule has 1 saturated heterocycles. The number of H-pyrrole nitrogens is 1. The number of piperazine rings is 1. The number of ether oxygens (including phenoxy) is 1. The minimum absolute atomic E-state index is 0.0368. The number of aromatic nitrogens is 2. The fourth-order valence-electron chi connectivity index (χ4n) is 3.62. The van der Waals surface area contributed by atoms with Gasteiger partial charge in [-0.15, -0.1) is 11.3 Å². The van der Waals surface area contributed by atoms with Crippen LogP contribution >= 0.6 is 11.3 Å². The molecule has 31 heavy (non-hydrogen) atoms. The number of hydrogen-bond acceptors (Lipinski definition) is 6. The van der Waals surface area contributed by atoms with Crippen molar-refractivity contribution in [1.29, 1.82) is 0 Å². The van der Waals surface area contributed by atoms with Gasteiger partial charge in [-0.1, -0.05) is 12.1 Å². The van der Waals surface area contributed by atoms with Crippen molar-refractivity contribution in [3.63, 3.8) is 0 Å². The van der Waals surface area contributed by atoms with E-state index in [0.29, 0.717) is 13.0 Å². The van der Waals surface area contributed by atoms with E-state index >= 15 is 0 Å². The predicted octanol–water partition coefficient (Wildman–Crippen LogP) is 3.34. The van der Waals surface area contributed by atoms with Gasteiger partial charge in [-0.3, -0.25) is 9.89 Å². The molecule has 0 atom stereocenters. The summed E-state index contributed by atoms with van der Waals surface area (Å²) in [6.07, 6.45) is 3.04. The first-order chi connectivity index (χ1) is 15.2. The number of hydrogen-bond donors (Lipinski definition) is 2. The van der Waals surface area contributed by atoms with Crippen LogP contribution in [0.15, 0.2) is 48.0 Å². The first-order valence-corrected chi connectivity index (χ1v) is 11.5. The van der Waals surface area contributed by atoms with Crippen LogP contribution in [0.4, 0.5) is 5.00 Å². The van der Waals surface area contributed by atoms with Crippen molar-refractivity contribution in [2.24, 2.45) is 0 Å². The van der Waals surface area contributed by atoms with Gasteiger partial charge in [0.1, 0.15) is 5.75 Å². The molecule has 1 aliphatic rings. The number of amides is 1. The normalized spacial score (nSPS) is 15.1.